The van der Waals surface area contributed by atoms with Gasteiger partial charge in [-0.1, -0.05) is 30.3 Å². The normalized spacial score (nSPS) is 15.4. The van der Waals surface area contributed by atoms with Crippen LogP contribution >= 0.6 is 0 Å². The molecule has 152 valence electrons. The van der Waals surface area contributed by atoms with Crippen molar-refractivity contribution in [3.8, 4) is 5.75 Å². The Kier molecular flexibility index (Phi) is 6.27. The number of aliphatic hydroxyl groups excluding tert-OH is 1. The maximum Gasteiger partial charge on any atom is 0.133 e. The first-order chi connectivity index (χ1) is 14.2. The second-order valence-electron chi connectivity index (χ2n) is 7.63. The molecule has 2 N–H and O–H groups in total. The number of ether oxygens (including phenoxy) is 1. The standard InChI is InChI=1S/C24H29N3O2/c1-29-21-11-9-18(10-12-21)23(28)17-25-16-20-15-19-7-3-4-8-22(19)26-24(20)27-13-5-2-6-14-27/h3-4,7-12,15,23,25,28H,2,5-6,13-14,16-17H2,1H3. The molecule has 1 aliphatic heterocycles. The number of methoxy groups -OCH3 is 1. The van der Waals surface area contributed by atoms with Gasteiger partial charge >= 0.3 is 0 Å². The van der Waals surface area contributed by atoms with Crippen LogP contribution in [0.4, 0.5) is 5.82 Å². The molecule has 0 amide bonds. The molecule has 1 unspecified atom stereocenters. The highest BCUT2D eigenvalue weighted by atomic mass is 16.5. The molecule has 5 nitrogen and oxygen atoms in total. The van der Waals surface area contributed by atoms with Crippen LogP contribution < -0.4 is 15.0 Å². The summed E-state index contributed by atoms with van der Waals surface area (Å²) in [4.78, 5) is 7.39. The maximum absolute atomic E-state index is 10.5. The molecule has 0 radical (unpaired) electrons. The summed E-state index contributed by atoms with van der Waals surface area (Å²) in [5.74, 6) is 1.87. The Morgan fingerprint density at radius 2 is 1.83 bits per heavy atom. The molecule has 5 heteroatoms. The highest BCUT2D eigenvalue weighted by Crippen LogP contribution is 2.26. The van der Waals surface area contributed by atoms with Crippen LogP contribution in [-0.4, -0.2) is 36.8 Å². The number of hydrogen-bond acceptors (Lipinski definition) is 5. The molecule has 1 aromatic heterocycles. The number of nitrogens with zero attached hydrogens (tertiary/aromatic N) is 2. The second-order valence-corrected chi connectivity index (χ2v) is 7.63. The summed E-state index contributed by atoms with van der Waals surface area (Å²) in [6.07, 6.45) is 3.17. The van der Waals surface area contributed by atoms with Gasteiger partial charge in [0.1, 0.15) is 11.6 Å². The fraction of sp³-hybridized carbons (Fsp3) is 0.375. The van der Waals surface area contributed by atoms with E-state index in [2.05, 4.69) is 34.5 Å². The van der Waals surface area contributed by atoms with Crippen molar-refractivity contribution in [3.63, 3.8) is 0 Å². The summed E-state index contributed by atoms with van der Waals surface area (Å²) in [5.41, 5.74) is 3.11. The lowest BCUT2D eigenvalue weighted by Gasteiger charge is -2.30. The van der Waals surface area contributed by atoms with Crippen molar-refractivity contribution in [2.24, 2.45) is 0 Å². The van der Waals surface area contributed by atoms with E-state index in [1.54, 1.807) is 7.11 Å². The summed E-state index contributed by atoms with van der Waals surface area (Å²) in [5, 5.41) is 15.1. The van der Waals surface area contributed by atoms with Gasteiger partial charge in [-0.05, 0) is 49.1 Å². The zero-order valence-electron chi connectivity index (χ0n) is 17.0. The van der Waals surface area contributed by atoms with Crippen molar-refractivity contribution in [3.05, 3.63) is 65.7 Å². The molecule has 2 heterocycles. The number of pyridine rings is 1. The summed E-state index contributed by atoms with van der Waals surface area (Å²) >= 11 is 0. The summed E-state index contributed by atoms with van der Waals surface area (Å²) < 4.78 is 5.18. The fourth-order valence-corrected chi connectivity index (χ4v) is 3.95. The molecule has 1 atom stereocenters. The van der Waals surface area contributed by atoms with Crippen molar-refractivity contribution in [2.45, 2.75) is 31.9 Å². The minimum atomic E-state index is -0.562. The third kappa shape index (κ3) is 4.69. The van der Waals surface area contributed by atoms with Crippen LogP contribution in [0.25, 0.3) is 10.9 Å². The number of benzene rings is 2. The maximum atomic E-state index is 10.5. The first-order valence-corrected chi connectivity index (χ1v) is 10.4. The van der Waals surface area contributed by atoms with Crippen LogP contribution in [0.3, 0.4) is 0 Å². The van der Waals surface area contributed by atoms with E-state index in [4.69, 9.17) is 9.72 Å². The van der Waals surface area contributed by atoms with Crippen molar-refractivity contribution in [1.29, 1.82) is 0 Å². The SMILES string of the molecule is COc1ccc(C(O)CNCc2cc3ccccc3nc2N2CCCCC2)cc1. The van der Waals surface area contributed by atoms with Gasteiger partial charge < -0.3 is 20.1 Å². The Labute approximate surface area is 172 Å². The van der Waals surface area contributed by atoms with E-state index in [9.17, 15) is 5.11 Å². The molecule has 29 heavy (non-hydrogen) atoms. The predicted molar refractivity (Wildman–Crippen MR) is 117 cm³/mol. The third-order valence-corrected chi connectivity index (χ3v) is 5.59. The van der Waals surface area contributed by atoms with Gasteiger partial charge in [-0.15, -0.1) is 0 Å². The van der Waals surface area contributed by atoms with Crippen molar-refractivity contribution < 1.29 is 9.84 Å². The van der Waals surface area contributed by atoms with Gasteiger partial charge in [-0.3, -0.25) is 0 Å². The zero-order chi connectivity index (χ0) is 20.1. The molecule has 1 saturated heterocycles. The first kappa shape index (κ1) is 19.7. The summed E-state index contributed by atoms with van der Waals surface area (Å²) in [6, 6.07) is 18.1. The minimum Gasteiger partial charge on any atom is -0.497 e. The molecule has 4 rings (SSSR count). The van der Waals surface area contributed by atoms with Crippen LogP contribution in [-0.2, 0) is 6.54 Å². The van der Waals surface area contributed by atoms with Crippen LogP contribution in [0.1, 0.15) is 36.5 Å². The van der Waals surface area contributed by atoms with E-state index < -0.39 is 6.10 Å². The number of para-hydroxylation sites is 1. The van der Waals surface area contributed by atoms with Crippen LogP contribution in [0, 0.1) is 0 Å². The third-order valence-electron chi connectivity index (χ3n) is 5.59. The molecule has 1 aliphatic rings. The summed E-state index contributed by atoms with van der Waals surface area (Å²) in [7, 11) is 1.64. The highest BCUT2D eigenvalue weighted by molar-refractivity contribution is 5.81. The lowest BCUT2D eigenvalue weighted by Crippen LogP contribution is -2.32. The molecule has 1 fully saturated rings. The van der Waals surface area contributed by atoms with Crippen molar-refractivity contribution in [2.75, 3.05) is 31.6 Å². The van der Waals surface area contributed by atoms with Gasteiger partial charge in [0, 0.05) is 37.1 Å². The van der Waals surface area contributed by atoms with Gasteiger partial charge in [0.2, 0.25) is 0 Å². The molecule has 0 bridgehead atoms. The number of hydrogen-bond donors (Lipinski definition) is 2. The zero-order valence-corrected chi connectivity index (χ0v) is 17.0. The van der Waals surface area contributed by atoms with Gasteiger partial charge in [0.05, 0.1) is 18.7 Å². The molecular formula is C24H29N3O2. The number of rotatable bonds is 7. The van der Waals surface area contributed by atoms with Gasteiger partial charge in [-0.25, -0.2) is 4.98 Å². The van der Waals surface area contributed by atoms with Gasteiger partial charge in [0.15, 0.2) is 0 Å². The van der Waals surface area contributed by atoms with Crippen molar-refractivity contribution >= 4 is 16.7 Å². The van der Waals surface area contributed by atoms with Gasteiger partial charge in [-0.2, -0.15) is 0 Å². The molecule has 3 aromatic rings. The predicted octanol–water partition coefficient (Wildman–Crippen LogP) is 4.06. The lowest BCUT2D eigenvalue weighted by molar-refractivity contribution is 0.174. The van der Waals surface area contributed by atoms with E-state index in [1.807, 2.05) is 30.3 Å². The molecular weight excluding hydrogens is 362 g/mol. The monoisotopic (exact) mass is 391 g/mol. The Bertz CT molecular complexity index is 937. The minimum absolute atomic E-state index is 0.485. The molecule has 0 spiro atoms. The summed E-state index contributed by atoms with van der Waals surface area (Å²) in [6.45, 7) is 3.29. The Balaban J connectivity index is 1.48. The average molecular weight is 392 g/mol. The van der Waals surface area contributed by atoms with E-state index in [-0.39, 0.29) is 0 Å². The van der Waals surface area contributed by atoms with Crippen LogP contribution in [0.5, 0.6) is 5.75 Å². The van der Waals surface area contributed by atoms with E-state index in [1.165, 1.54) is 24.8 Å². The lowest BCUT2D eigenvalue weighted by atomic mass is 10.1. The quantitative estimate of drug-likeness (QED) is 0.636. The number of aliphatic hydroxyl groups is 1. The van der Waals surface area contributed by atoms with Crippen LogP contribution in [0.15, 0.2) is 54.6 Å². The number of aromatic nitrogens is 1. The number of anilines is 1. The van der Waals surface area contributed by atoms with Crippen molar-refractivity contribution in [1.82, 2.24) is 10.3 Å². The molecule has 0 saturated carbocycles. The second kappa shape index (κ2) is 9.25. The highest BCUT2D eigenvalue weighted by Gasteiger charge is 2.17. The van der Waals surface area contributed by atoms with Crippen LogP contribution in [0.2, 0.25) is 0 Å². The topological polar surface area (TPSA) is 57.6 Å². The van der Waals surface area contributed by atoms with E-state index >= 15 is 0 Å². The number of nitrogens with one attached hydrogen (secondary N) is 1. The fourth-order valence-electron chi connectivity index (χ4n) is 3.95. The Morgan fingerprint density at radius 3 is 2.59 bits per heavy atom. The Hall–Kier alpha value is -2.63. The Morgan fingerprint density at radius 1 is 1.07 bits per heavy atom. The molecule has 2 aromatic carbocycles. The number of piperidine rings is 1. The largest absolute Gasteiger partial charge is 0.497 e. The smallest absolute Gasteiger partial charge is 0.133 e. The van der Waals surface area contributed by atoms with Gasteiger partial charge in [0.25, 0.3) is 0 Å². The van der Waals surface area contributed by atoms with E-state index in [0.29, 0.717) is 13.1 Å². The first-order valence-electron chi connectivity index (χ1n) is 10.4. The number of fused-ring (bicyclic) bond motifs is 1. The molecule has 0 aliphatic carbocycles. The van der Waals surface area contributed by atoms with E-state index in [0.717, 1.165) is 41.1 Å². The average Bonchev–Trinajstić information content (AvgIpc) is 2.79.